The summed E-state index contributed by atoms with van der Waals surface area (Å²) in [6.07, 6.45) is 1.38. The van der Waals surface area contributed by atoms with Crippen molar-refractivity contribution in [3.05, 3.63) is 0 Å². The zero-order valence-corrected chi connectivity index (χ0v) is 13.9. The molecular weight excluding hydrogens is 238 g/mol. The second-order valence-electron chi connectivity index (χ2n) is 4.69. The third-order valence-corrected chi connectivity index (χ3v) is 8.88. The molecule has 0 amide bonds. The van der Waals surface area contributed by atoms with Crippen molar-refractivity contribution >= 4 is 15.8 Å². The summed E-state index contributed by atoms with van der Waals surface area (Å²) in [5, 5.41) is -0.318. The summed E-state index contributed by atoms with van der Waals surface area (Å²) in [6, 6.07) is 0. The molecule has 16 heavy (non-hydrogen) atoms. The predicted octanol–water partition coefficient (Wildman–Crippen LogP) is 4.32. The van der Waals surface area contributed by atoms with Crippen LogP contribution in [0.5, 0.6) is 0 Å². The van der Waals surface area contributed by atoms with Gasteiger partial charge in [0.05, 0.1) is 6.10 Å². The van der Waals surface area contributed by atoms with E-state index >= 15 is 0 Å². The van der Waals surface area contributed by atoms with Gasteiger partial charge in [-0.1, -0.05) is 20.8 Å². The van der Waals surface area contributed by atoms with Crippen LogP contribution in [0.2, 0.25) is 0 Å². The maximum atomic E-state index is 6.20. The summed E-state index contributed by atoms with van der Waals surface area (Å²) < 4.78 is 12.1. The molecule has 0 aliphatic carbocycles. The quantitative estimate of drug-likeness (QED) is 0.504. The van der Waals surface area contributed by atoms with Crippen molar-refractivity contribution in [1.29, 1.82) is 0 Å². The van der Waals surface area contributed by atoms with Gasteiger partial charge in [-0.2, -0.15) is 0 Å². The van der Waals surface area contributed by atoms with E-state index in [4.69, 9.17) is 9.47 Å². The lowest BCUT2D eigenvalue weighted by Crippen LogP contribution is -2.36. The van der Waals surface area contributed by atoms with Gasteiger partial charge in [0.25, 0.3) is 0 Å². The molecule has 0 saturated carbocycles. The number of rotatable bonds is 7. The van der Waals surface area contributed by atoms with Crippen LogP contribution in [0.1, 0.15) is 34.6 Å². The summed E-state index contributed by atoms with van der Waals surface area (Å²) >= 11 is 0. The molecule has 0 spiro atoms. The smallest absolute Gasteiger partial charge is 0.204 e. The van der Waals surface area contributed by atoms with Crippen LogP contribution in [0, 0.1) is 0 Å². The highest BCUT2D eigenvalue weighted by atomic mass is 31.2. The summed E-state index contributed by atoms with van der Waals surface area (Å²) in [5.41, 5.74) is 0.642. The molecule has 2 nitrogen and oxygen atoms in total. The SMILES string of the molecule is CCP(C(C)C)C(OC)(OC(C)C)P(C)C. The summed E-state index contributed by atoms with van der Waals surface area (Å²) in [4.78, 5) is 0. The second kappa shape index (κ2) is 7.27. The Balaban J connectivity index is 5.15. The zero-order chi connectivity index (χ0) is 12.9. The molecule has 2 atom stereocenters. The summed E-state index contributed by atoms with van der Waals surface area (Å²) in [5.74, 6) is 0. The lowest BCUT2D eigenvalue weighted by atomic mass is 10.5. The van der Waals surface area contributed by atoms with E-state index in [0.29, 0.717) is 5.66 Å². The number of methoxy groups -OCH3 is 1. The molecule has 0 heterocycles. The topological polar surface area (TPSA) is 18.5 Å². The van der Waals surface area contributed by atoms with Gasteiger partial charge in [0.1, 0.15) is 0 Å². The van der Waals surface area contributed by atoms with E-state index in [1.165, 1.54) is 0 Å². The van der Waals surface area contributed by atoms with Crippen LogP contribution in [0.15, 0.2) is 0 Å². The molecular formula is C12H28O2P2. The molecule has 0 aromatic carbocycles. The van der Waals surface area contributed by atoms with Gasteiger partial charge in [-0.3, -0.25) is 0 Å². The van der Waals surface area contributed by atoms with E-state index in [1.54, 1.807) is 7.11 Å². The average molecular weight is 266 g/mol. The first kappa shape index (κ1) is 16.8. The third kappa shape index (κ3) is 3.91. The molecule has 98 valence electrons. The van der Waals surface area contributed by atoms with Crippen LogP contribution in [0.4, 0.5) is 0 Å². The Morgan fingerprint density at radius 2 is 1.62 bits per heavy atom. The molecule has 0 bridgehead atoms. The minimum atomic E-state index is -0.318. The molecule has 0 saturated heterocycles. The van der Waals surface area contributed by atoms with E-state index in [2.05, 4.69) is 47.9 Å². The standard InChI is InChI=1S/C12H28O2P2/c1-9-16(11(4)5)12(13-6,15(7)8)14-10(2)3/h10-11H,9H2,1-8H3. The Labute approximate surface area is 104 Å². The van der Waals surface area contributed by atoms with Crippen molar-refractivity contribution < 1.29 is 9.47 Å². The van der Waals surface area contributed by atoms with Gasteiger partial charge in [-0.15, -0.1) is 0 Å². The second-order valence-corrected chi connectivity index (χ2v) is 10.6. The minimum absolute atomic E-state index is 0.222. The molecule has 4 heteroatoms. The molecule has 2 unspecified atom stereocenters. The molecule has 0 aromatic heterocycles. The largest absolute Gasteiger partial charge is 0.346 e. The van der Waals surface area contributed by atoms with Crippen LogP contribution in [0.25, 0.3) is 0 Å². The van der Waals surface area contributed by atoms with E-state index in [9.17, 15) is 0 Å². The first-order valence-electron chi connectivity index (χ1n) is 5.98. The van der Waals surface area contributed by atoms with Crippen molar-refractivity contribution in [3.8, 4) is 0 Å². The highest BCUT2D eigenvalue weighted by Crippen LogP contribution is 2.67. The Kier molecular flexibility index (Phi) is 7.62. The van der Waals surface area contributed by atoms with Gasteiger partial charge >= 0.3 is 0 Å². The van der Waals surface area contributed by atoms with E-state index in [-0.39, 0.29) is 27.2 Å². The average Bonchev–Trinajstić information content (AvgIpc) is 2.15. The number of hydrogen-bond acceptors (Lipinski definition) is 2. The van der Waals surface area contributed by atoms with Crippen molar-refractivity contribution in [1.82, 2.24) is 0 Å². The minimum Gasteiger partial charge on any atom is -0.346 e. The fourth-order valence-electron chi connectivity index (χ4n) is 1.98. The lowest BCUT2D eigenvalue weighted by Gasteiger charge is -2.45. The van der Waals surface area contributed by atoms with E-state index in [1.807, 2.05) is 0 Å². The number of hydrogen-bond donors (Lipinski definition) is 0. The van der Waals surface area contributed by atoms with Gasteiger partial charge in [0.15, 0.2) is 0 Å². The molecule has 0 fully saturated rings. The first-order chi connectivity index (χ1) is 7.31. The van der Waals surface area contributed by atoms with Gasteiger partial charge in [0.2, 0.25) is 5.27 Å². The normalized spacial score (nSPS) is 18.2. The van der Waals surface area contributed by atoms with Crippen LogP contribution in [-0.4, -0.2) is 43.6 Å². The maximum absolute atomic E-state index is 6.20. The van der Waals surface area contributed by atoms with Crippen LogP contribution in [-0.2, 0) is 9.47 Å². The van der Waals surface area contributed by atoms with Crippen LogP contribution in [0.3, 0.4) is 0 Å². The fraction of sp³-hybridized carbons (Fsp3) is 1.00. The van der Waals surface area contributed by atoms with E-state index < -0.39 is 0 Å². The summed E-state index contributed by atoms with van der Waals surface area (Å²) in [7, 11) is 1.28. The van der Waals surface area contributed by atoms with Gasteiger partial charge in [-0.25, -0.2) is 0 Å². The third-order valence-electron chi connectivity index (χ3n) is 2.55. The Bertz CT molecular complexity index is 195. The van der Waals surface area contributed by atoms with Crippen LogP contribution >= 0.6 is 15.8 Å². The molecule has 0 N–H and O–H groups in total. The van der Waals surface area contributed by atoms with Crippen molar-refractivity contribution in [3.63, 3.8) is 0 Å². The van der Waals surface area contributed by atoms with E-state index in [0.717, 1.165) is 6.16 Å². The van der Waals surface area contributed by atoms with Crippen molar-refractivity contribution in [2.75, 3.05) is 26.6 Å². The van der Waals surface area contributed by atoms with Crippen molar-refractivity contribution in [2.24, 2.45) is 0 Å². The molecule has 0 aromatic rings. The zero-order valence-electron chi connectivity index (χ0n) is 12.1. The Hall–Kier alpha value is 0.780. The predicted molar refractivity (Wildman–Crippen MR) is 77.3 cm³/mol. The van der Waals surface area contributed by atoms with Crippen molar-refractivity contribution in [2.45, 2.75) is 51.7 Å². The molecule has 0 aliphatic heterocycles. The van der Waals surface area contributed by atoms with Gasteiger partial charge < -0.3 is 9.47 Å². The Morgan fingerprint density at radius 3 is 1.81 bits per heavy atom. The Morgan fingerprint density at radius 1 is 1.12 bits per heavy atom. The maximum Gasteiger partial charge on any atom is 0.204 e. The molecule has 0 aliphatic rings. The van der Waals surface area contributed by atoms with Crippen LogP contribution < -0.4 is 0 Å². The first-order valence-corrected chi connectivity index (χ1v) is 9.82. The highest BCUT2D eigenvalue weighted by Gasteiger charge is 2.44. The van der Waals surface area contributed by atoms with Gasteiger partial charge in [-0.05, 0) is 54.8 Å². The monoisotopic (exact) mass is 266 g/mol. The molecule has 0 rings (SSSR count). The highest BCUT2D eigenvalue weighted by molar-refractivity contribution is 7.76. The lowest BCUT2D eigenvalue weighted by molar-refractivity contribution is -0.121. The molecule has 0 radical (unpaired) electrons. The summed E-state index contributed by atoms with van der Waals surface area (Å²) in [6.45, 7) is 15.5. The van der Waals surface area contributed by atoms with Gasteiger partial charge in [0, 0.05) is 7.11 Å². The number of ether oxygens (including phenoxy) is 2. The fourth-order valence-corrected chi connectivity index (χ4v) is 8.30.